The third-order valence-corrected chi connectivity index (χ3v) is 5.30. The van der Waals surface area contributed by atoms with E-state index in [1.165, 1.54) is 6.07 Å². The summed E-state index contributed by atoms with van der Waals surface area (Å²) in [6.07, 6.45) is 1.57. The van der Waals surface area contributed by atoms with Crippen molar-refractivity contribution in [1.82, 2.24) is 19.9 Å². The molecule has 176 valence electrons. The van der Waals surface area contributed by atoms with Crippen LogP contribution in [0.25, 0.3) is 11.0 Å². The van der Waals surface area contributed by atoms with E-state index in [1.807, 2.05) is 49.7 Å². The predicted octanol–water partition coefficient (Wildman–Crippen LogP) is 4.92. The molecule has 1 amide bonds. The first-order valence-electron chi connectivity index (χ1n) is 11.0. The summed E-state index contributed by atoms with van der Waals surface area (Å²) in [5, 5.41) is 8.78. The zero-order valence-electron chi connectivity index (χ0n) is 19.5. The number of carbonyl (C=O) groups excluding carboxylic acids is 1. The second-order valence-corrected chi connectivity index (χ2v) is 8.22. The first-order valence-corrected chi connectivity index (χ1v) is 11.0. The Balaban J connectivity index is 1.54. The third-order valence-electron chi connectivity index (χ3n) is 5.30. The quantitative estimate of drug-likeness (QED) is 0.344. The van der Waals surface area contributed by atoms with Gasteiger partial charge < -0.3 is 25.3 Å². The molecule has 3 N–H and O–H groups in total. The fraction of sp³-hybridized carbons (Fsp3) is 0.240. The smallest absolute Gasteiger partial charge is 0.239 e. The van der Waals surface area contributed by atoms with E-state index in [1.54, 1.807) is 31.4 Å². The minimum atomic E-state index is -0.215. The van der Waals surface area contributed by atoms with Crippen molar-refractivity contribution < 1.29 is 13.9 Å². The topological polar surface area (TPSA) is 93.1 Å². The zero-order chi connectivity index (χ0) is 24.2. The van der Waals surface area contributed by atoms with Crippen LogP contribution in [0.5, 0.6) is 11.5 Å². The van der Waals surface area contributed by atoms with Crippen molar-refractivity contribution in [3.8, 4) is 11.5 Å². The number of imidazole rings is 1. The number of pyridine rings is 1. The normalized spacial score (nSPS) is 11.1. The number of aromatic nitrogens is 3. The van der Waals surface area contributed by atoms with Gasteiger partial charge >= 0.3 is 0 Å². The maximum atomic E-state index is 14.1. The highest BCUT2D eigenvalue weighted by Crippen LogP contribution is 2.29. The highest BCUT2D eigenvalue weighted by atomic mass is 19.1. The average molecular weight is 463 g/mol. The summed E-state index contributed by atoms with van der Waals surface area (Å²) in [5.74, 6) is 1.84. The van der Waals surface area contributed by atoms with E-state index in [0.717, 1.165) is 16.7 Å². The van der Waals surface area contributed by atoms with Crippen LogP contribution in [0.2, 0.25) is 0 Å². The summed E-state index contributed by atoms with van der Waals surface area (Å²) in [5.41, 5.74) is 3.07. The van der Waals surface area contributed by atoms with Crippen LogP contribution < -0.4 is 20.7 Å². The molecule has 2 heterocycles. The molecular weight excluding hydrogens is 435 g/mol. The van der Waals surface area contributed by atoms with E-state index in [-0.39, 0.29) is 24.2 Å². The van der Waals surface area contributed by atoms with Crippen molar-refractivity contribution in [2.45, 2.75) is 19.8 Å². The summed E-state index contributed by atoms with van der Waals surface area (Å²) in [4.78, 5) is 20.6. The molecule has 0 saturated carbocycles. The maximum Gasteiger partial charge on any atom is 0.239 e. The first kappa shape index (κ1) is 23.2. The van der Waals surface area contributed by atoms with Gasteiger partial charge in [0, 0.05) is 31.1 Å². The molecule has 0 bridgehead atoms. The standard InChI is InChI=1S/C25H27FN6O2/c1-15(2)19-11-16(5-7-20(19)26)29-25-30-21-12-17(6-8-22(21)32(25)4)34-18-9-10-28-23(13-18)31-24(33)14-27-3/h5-13,15,27H,14H2,1-4H3,(H,29,30)(H,28,31,33). The molecule has 0 saturated heterocycles. The van der Waals surface area contributed by atoms with Gasteiger partial charge in [-0.2, -0.15) is 0 Å². The number of halogens is 1. The second-order valence-electron chi connectivity index (χ2n) is 8.22. The molecule has 0 aliphatic rings. The van der Waals surface area contributed by atoms with Gasteiger partial charge in [-0.3, -0.25) is 4.79 Å². The number of amides is 1. The molecule has 0 aliphatic carbocycles. The van der Waals surface area contributed by atoms with E-state index in [0.29, 0.717) is 28.8 Å². The molecule has 4 rings (SSSR count). The van der Waals surface area contributed by atoms with Crippen molar-refractivity contribution >= 4 is 34.4 Å². The van der Waals surface area contributed by atoms with Gasteiger partial charge in [0.15, 0.2) is 0 Å². The van der Waals surface area contributed by atoms with Gasteiger partial charge in [0.05, 0.1) is 17.6 Å². The largest absolute Gasteiger partial charge is 0.457 e. The number of nitrogens with zero attached hydrogens (tertiary/aromatic N) is 3. The Labute approximate surface area is 197 Å². The summed E-state index contributed by atoms with van der Waals surface area (Å²) in [6.45, 7) is 4.11. The molecule has 4 aromatic rings. The summed E-state index contributed by atoms with van der Waals surface area (Å²) >= 11 is 0. The number of fused-ring (bicyclic) bond motifs is 1. The number of likely N-dealkylation sites (N-methyl/N-ethyl adjacent to an activating group) is 1. The number of anilines is 3. The van der Waals surface area contributed by atoms with Gasteiger partial charge in [-0.05, 0) is 54.9 Å². The molecule has 0 radical (unpaired) electrons. The molecule has 2 aromatic heterocycles. The molecule has 8 nitrogen and oxygen atoms in total. The van der Waals surface area contributed by atoms with E-state index >= 15 is 0 Å². The average Bonchev–Trinajstić information content (AvgIpc) is 3.09. The predicted molar refractivity (Wildman–Crippen MR) is 131 cm³/mol. The Kier molecular flexibility index (Phi) is 6.74. The number of benzene rings is 2. The van der Waals surface area contributed by atoms with E-state index < -0.39 is 0 Å². The van der Waals surface area contributed by atoms with Crippen LogP contribution in [-0.2, 0) is 11.8 Å². The number of rotatable bonds is 8. The lowest BCUT2D eigenvalue weighted by Gasteiger charge is -2.11. The van der Waals surface area contributed by atoms with Crippen LogP contribution in [-0.4, -0.2) is 34.0 Å². The molecular formula is C25H27FN6O2. The van der Waals surface area contributed by atoms with Gasteiger partial charge in [-0.15, -0.1) is 0 Å². The molecule has 2 aromatic carbocycles. The van der Waals surface area contributed by atoms with Crippen LogP contribution in [0, 0.1) is 5.82 Å². The third kappa shape index (κ3) is 5.15. The fourth-order valence-corrected chi connectivity index (χ4v) is 3.57. The first-order chi connectivity index (χ1) is 16.3. The van der Waals surface area contributed by atoms with Crippen LogP contribution in [0.3, 0.4) is 0 Å². The van der Waals surface area contributed by atoms with Crippen LogP contribution in [0.4, 0.5) is 21.8 Å². The summed E-state index contributed by atoms with van der Waals surface area (Å²) in [7, 11) is 3.61. The van der Waals surface area contributed by atoms with Crippen LogP contribution in [0.15, 0.2) is 54.7 Å². The Morgan fingerprint density at radius 1 is 1.12 bits per heavy atom. The fourth-order valence-electron chi connectivity index (χ4n) is 3.57. The Morgan fingerprint density at radius 2 is 1.91 bits per heavy atom. The molecule has 34 heavy (non-hydrogen) atoms. The number of hydrogen-bond acceptors (Lipinski definition) is 6. The Bertz CT molecular complexity index is 1330. The summed E-state index contributed by atoms with van der Waals surface area (Å²) < 4.78 is 22.0. The molecule has 0 unspecified atom stereocenters. The second kappa shape index (κ2) is 9.88. The Morgan fingerprint density at radius 3 is 2.68 bits per heavy atom. The van der Waals surface area contributed by atoms with E-state index in [4.69, 9.17) is 4.74 Å². The van der Waals surface area contributed by atoms with Gasteiger partial charge in [-0.25, -0.2) is 14.4 Å². The monoisotopic (exact) mass is 462 g/mol. The zero-order valence-corrected chi connectivity index (χ0v) is 19.5. The van der Waals surface area contributed by atoms with Crippen molar-refractivity contribution in [1.29, 1.82) is 0 Å². The van der Waals surface area contributed by atoms with Crippen molar-refractivity contribution in [3.05, 3.63) is 66.1 Å². The number of hydrogen-bond donors (Lipinski definition) is 3. The van der Waals surface area contributed by atoms with E-state index in [2.05, 4.69) is 25.9 Å². The molecule has 9 heteroatoms. The maximum absolute atomic E-state index is 14.1. The van der Waals surface area contributed by atoms with Gasteiger partial charge in [0.2, 0.25) is 11.9 Å². The number of nitrogens with one attached hydrogen (secondary N) is 3. The van der Waals surface area contributed by atoms with Crippen LogP contribution >= 0.6 is 0 Å². The van der Waals surface area contributed by atoms with Crippen LogP contribution in [0.1, 0.15) is 25.3 Å². The summed E-state index contributed by atoms with van der Waals surface area (Å²) in [6, 6.07) is 14.0. The molecule has 0 aliphatic heterocycles. The van der Waals surface area contributed by atoms with Crippen molar-refractivity contribution in [3.63, 3.8) is 0 Å². The molecule has 0 spiro atoms. The minimum Gasteiger partial charge on any atom is -0.457 e. The lowest BCUT2D eigenvalue weighted by molar-refractivity contribution is -0.115. The SMILES string of the molecule is CNCC(=O)Nc1cc(Oc2ccc3c(c2)nc(Nc2ccc(F)c(C(C)C)c2)n3C)ccn1. The van der Waals surface area contributed by atoms with Gasteiger partial charge in [0.1, 0.15) is 23.1 Å². The molecule has 0 atom stereocenters. The van der Waals surface area contributed by atoms with Gasteiger partial charge in [0.25, 0.3) is 0 Å². The molecule has 0 fully saturated rings. The van der Waals surface area contributed by atoms with Gasteiger partial charge in [-0.1, -0.05) is 13.8 Å². The number of ether oxygens (including phenoxy) is 1. The highest BCUT2D eigenvalue weighted by molar-refractivity contribution is 5.91. The number of carbonyl (C=O) groups is 1. The number of aryl methyl sites for hydroxylation is 1. The minimum absolute atomic E-state index is 0.0761. The lowest BCUT2D eigenvalue weighted by atomic mass is 10.0. The van der Waals surface area contributed by atoms with E-state index in [9.17, 15) is 9.18 Å². The van der Waals surface area contributed by atoms with Crippen molar-refractivity contribution in [2.24, 2.45) is 7.05 Å². The lowest BCUT2D eigenvalue weighted by Crippen LogP contribution is -2.25. The highest BCUT2D eigenvalue weighted by Gasteiger charge is 2.12. The van der Waals surface area contributed by atoms with Crippen molar-refractivity contribution in [2.75, 3.05) is 24.2 Å². The Hall–Kier alpha value is -3.98.